The molecule has 5 heteroatoms. The molecule has 1 aliphatic rings. The maximum absolute atomic E-state index is 7.87. The van der Waals surface area contributed by atoms with Crippen LogP contribution in [0.5, 0.6) is 5.88 Å². The summed E-state index contributed by atoms with van der Waals surface area (Å²) in [5.74, 6) is 1.24. The number of hydrogen-bond donors (Lipinski definition) is 2. The van der Waals surface area contributed by atoms with Crippen molar-refractivity contribution in [3.63, 3.8) is 0 Å². The highest BCUT2D eigenvalue weighted by Gasteiger charge is 2.24. The van der Waals surface area contributed by atoms with Gasteiger partial charge in [0.2, 0.25) is 5.88 Å². The molecule has 0 saturated heterocycles. The molecule has 1 fully saturated rings. The zero-order valence-corrected chi connectivity index (χ0v) is 13.3. The maximum Gasteiger partial charge on any atom is 0.245 e. The van der Waals surface area contributed by atoms with Gasteiger partial charge in [-0.15, -0.1) is 5.10 Å². The smallest absolute Gasteiger partial charge is 0.245 e. The highest BCUT2D eigenvalue weighted by Crippen LogP contribution is 2.29. The number of nitrogens with two attached hydrogens (primary N) is 1. The molecule has 1 aliphatic carbocycles. The molecule has 5 nitrogen and oxygen atoms in total. The number of aromatic nitrogens is 2. The molecular formula is C16H26N4O. The number of nitrogens with zero attached hydrogens (tertiary/aromatic N) is 2. The molecule has 1 saturated carbocycles. The molecule has 21 heavy (non-hydrogen) atoms. The average Bonchev–Trinajstić information content (AvgIpc) is 2.48. The number of nitrogens with one attached hydrogen (secondary N) is 1. The van der Waals surface area contributed by atoms with E-state index in [0.29, 0.717) is 11.4 Å². The number of ether oxygens (including phenoxy) is 1. The van der Waals surface area contributed by atoms with Crippen LogP contribution in [0.25, 0.3) is 0 Å². The Morgan fingerprint density at radius 2 is 1.86 bits per heavy atom. The minimum atomic E-state index is 0.0237. The van der Waals surface area contributed by atoms with Gasteiger partial charge < -0.3 is 10.5 Å². The predicted molar refractivity (Wildman–Crippen MR) is 83.9 cm³/mol. The fourth-order valence-electron chi connectivity index (χ4n) is 3.02. The van der Waals surface area contributed by atoms with Crippen molar-refractivity contribution in [2.75, 3.05) is 0 Å². The summed E-state index contributed by atoms with van der Waals surface area (Å²) in [5.41, 5.74) is 8.33. The molecule has 1 heterocycles. The van der Waals surface area contributed by atoms with Crippen LogP contribution < -0.4 is 10.5 Å². The lowest BCUT2D eigenvalue weighted by Crippen LogP contribution is -2.26. The predicted octanol–water partition coefficient (Wildman–Crippen LogP) is 2.84. The Bertz CT molecular complexity index is 507. The van der Waals surface area contributed by atoms with E-state index >= 15 is 0 Å². The normalized spacial score (nSPS) is 22.0. The average molecular weight is 290 g/mol. The molecule has 3 N–H and O–H groups in total. The third-order valence-corrected chi connectivity index (χ3v) is 4.32. The van der Waals surface area contributed by atoms with Crippen molar-refractivity contribution in [1.29, 1.82) is 5.41 Å². The summed E-state index contributed by atoms with van der Waals surface area (Å²) in [6, 6.07) is 0. The Morgan fingerprint density at radius 3 is 2.38 bits per heavy atom. The largest absolute Gasteiger partial charge is 0.473 e. The molecule has 0 aromatic carbocycles. The van der Waals surface area contributed by atoms with E-state index in [1.54, 1.807) is 0 Å². The zero-order chi connectivity index (χ0) is 15.4. The van der Waals surface area contributed by atoms with Crippen LogP contribution in [0.1, 0.15) is 63.3 Å². The van der Waals surface area contributed by atoms with Crippen molar-refractivity contribution >= 4 is 5.84 Å². The Kier molecular flexibility index (Phi) is 5.15. The summed E-state index contributed by atoms with van der Waals surface area (Å²) < 4.78 is 6.04. The van der Waals surface area contributed by atoms with Crippen LogP contribution in [-0.4, -0.2) is 22.1 Å². The Hall–Kier alpha value is -1.65. The van der Waals surface area contributed by atoms with Crippen LogP contribution in [0.15, 0.2) is 0 Å². The monoisotopic (exact) mass is 290 g/mol. The molecule has 1 aromatic heterocycles. The lowest BCUT2D eigenvalue weighted by molar-refractivity contribution is 0.128. The van der Waals surface area contributed by atoms with Gasteiger partial charge in [0.1, 0.15) is 11.9 Å². The molecular weight excluding hydrogens is 264 g/mol. The number of amidine groups is 1. The van der Waals surface area contributed by atoms with Crippen molar-refractivity contribution in [2.24, 2.45) is 11.7 Å². The van der Waals surface area contributed by atoms with E-state index in [4.69, 9.17) is 15.9 Å². The number of hydrogen-bond acceptors (Lipinski definition) is 4. The molecule has 0 bridgehead atoms. The van der Waals surface area contributed by atoms with Crippen molar-refractivity contribution in [2.45, 2.75) is 65.4 Å². The molecule has 0 radical (unpaired) electrons. The second-order valence-corrected chi connectivity index (χ2v) is 5.93. The fourth-order valence-corrected chi connectivity index (χ4v) is 3.02. The topological polar surface area (TPSA) is 84.9 Å². The lowest BCUT2D eigenvalue weighted by atomic mass is 9.89. The third-order valence-electron chi connectivity index (χ3n) is 4.32. The quantitative estimate of drug-likeness (QED) is 0.645. The van der Waals surface area contributed by atoms with E-state index < -0.39 is 0 Å². The zero-order valence-electron chi connectivity index (χ0n) is 13.3. The second kappa shape index (κ2) is 6.87. The van der Waals surface area contributed by atoms with Crippen LogP contribution in [0, 0.1) is 11.3 Å². The van der Waals surface area contributed by atoms with Gasteiger partial charge in [0.05, 0.1) is 11.3 Å². The maximum atomic E-state index is 7.87. The highest BCUT2D eigenvalue weighted by molar-refractivity contribution is 5.98. The molecule has 116 valence electrons. The number of rotatable bonds is 5. The van der Waals surface area contributed by atoms with E-state index in [1.165, 1.54) is 12.8 Å². The Labute approximate surface area is 126 Å². The first kappa shape index (κ1) is 15.7. The van der Waals surface area contributed by atoms with Gasteiger partial charge in [0.15, 0.2) is 0 Å². The van der Waals surface area contributed by atoms with E-state index in [1.807, 2.05) is 6.92 Å². The van der Waals surface area contributed by atoms with Gasteiger partial charge in [-0.05, 0) is 50.0 Å². The fraction of sp³-hybridized carbons (Fsp3) is 0.688. The van der Waals surface area contributed by atoms with Gasteiger partial charge in [0, 0.05) is 0 Å². The van der Waals surface area contributed by atoms with Gasteiger partial charge in [-0.2, -0.15) is 5.10 Å². The number of nitrogen functional groups attached to an aromatic ring is 1. The standard InChI is InChI=1S/C16H26N4O/c1-4-12-13(5-2)19-20-16(14(12)15(17)18)21-11-8-6-10(3)7-9-11/h10-11H,4-9H2,1-3H3,(H3,17,18). The minimum Gasteiger partial charge on any atom is -0.473 e. The first-order valence-corrected chi connectivity index (χ1v) is 7.96. The van der Waals surface area contributed by atoms with Crippen molar-refractivity contribution in [1.82, 2.24) is 10.2 Å². The summed E-state index contributed by atoms with van der Waals surface area (Å²) in [6.07, 6.45) is 6.19. The summed E-state index contributed by atoms with van der Waals surface area (Å²) in [7, 11) is 0. The summed E-state index contributed by atoms with van der Waals surface area (Å²) in [6.45, 7) is 6.37. The van der Waals surface area contributed by atoms with Gasteiger partial charge in [0.25, 0.3) is 0 Å². The first-order valence-electron chi connectivity index (χ1n) is 7.96. The van der Waals surface area contributed by atoms with Crippen molar-refractivity contribution in [3.8, 4) is 5.88 Å². The van der Waals surface area contributed by atoms with E-state index in [2.05, 4.69) is 24.0 Å². The molecule has 0 aliphatic heterocycles. The molecule has 1 aromatic rings. The molecule has 0 atom stereocenters. The first-order chi connectivity index (χ1) is 10.1. The van der Waals surface area contributed by atoms with Gasteiger partial charge in [-0.3, -0.25) is 5.41 Å². The lowest BCUT2D eigenvalue weighted by Gasteiger charge is -2.27. The molecule has 0 unspecified atom stereocenters. The van der Waals surface area contributed by atoms with Crippen LogP contribution in [0.2, 0.25) is 0 Å². The van der Waals surface area contributed by atoms with Gasteiger partial charge in [-0.25, -0.2) is 0 Å². The highest BCUT2D eigenvalue weighted by atomic mass is 16.5. The van der Waals surface area contributed by atoms with Crippen LogP contribution in [-0.2, 0) is 12.8 Å². The Morgan fingerprint density at radius 1 is 1.19 bits per heavy atom. The van der Waals surface area contributed by atoms with E-state index in [9.17, 15) is 0 Å². The summed E-state index contributed by atoms with van der Waals surface area (Å²) in [5, 5.41) is 16.3. The van der Waals surface area contributed by atoms with Gasteiger partial charge >= 0.3 is 0 Å². The molecule has 0 spiro atoms. The second-order valence-electron chi connectivity index (χ2n) is 5.93. The third kappa shape index (κ3) is 3.52. The van der Waals surface area contributed by atoms with Crippen LogP contribution in [0.4, 0.5) is 0 Å². The van der Waals surface area contributed by atoms with Crippen molar-refractivity contribution in [3.05, 3.63) is 16.8 Å². The van der Waals surface area contributed by atoms with E-state index in [0.717, 1.165) is 42.9 Å². The number of aryl methyl sites for hydroxylation is 1. The van der Waals surface area contributed by atoms with Crippen LogP contribution in [0.3, 0.4) is 0 Å². The van der Waals surface area contributed by atoms with Gasteiger partial charge in [-0.1, -0.05) is 20.8 Å². The van der Waals surface area contributed by atoms with E-state index in [-0.39, 0.29) is 11.9 Å². The SMILES string of the molecule is CCc1nnc(OC2CCC(C)CC2)c(C(=N)N)c1CC. The summed E-state index contributed by atoms with van der Waals surface area (Å²) >= 11 is 0. The van der Waals surface area contributed by atoms with Crippen molar-refractivity contribution < 1.29 is 4.74 Å². The molecule has 0 amide bonds. The molecule has 2 rings (SSSR count). The Balaban J connectivity index is 2.28. The summed E-state index contributed by atoms with van der Waals surface area (Å²) in [4.78, 5) is 0. The van der Waals surface area contributed by atoms with Crippen LogP contribution >= 0.6 is 0 Å². The minimum absolute atomic E-state index is 0.0237.